The summed E-state index contributed by atoms with van der Waals surface area (Å²) >= 11 is 3.56. The maximum Gasteiger partial charge on any atom is 0.141 e. The van der Waals surface area contributed by atoms with Crippen LogP contribution in [0.1, 0.15) is 11.3 Å². The van der Waals surface area contributed by atoms with Crippen LogP contribution in [0.5, 0.6) is 5.75 Å². The van der Waals surface area contributed by atoms with Gasteiger partial charge in [0.05, 0.1) is 5.69 Å². The van der Waals surface area contributed by atoms with Crippen LogP contribution in [-0.4, -0.2) is 21.4 Å². The lowest BCUT2D eigenvalue weighted by atomic mass is 10.1. The van der Waals surface area contributed by atoms with Gasteiger partial charge in [-0.05, 0) is 28.1 Å². The van der Waals surface area contributed by atoms with Crippen LogP contribution in [0.3, 0.4) is 0 Å². The van der Waals surface area contributed by atoms with Crippen LogP contribution in [0.25, 0.3) is 5.69 Å². The van der Waals surface area contributed by atoms with E-state index >= 15 is 0 Å². The molecule has 1 aliphatic rings. The molecule has 0 aliphatic carbocycles. The SMILES string of the molecule is Oc1ccccc1-n1nc2c(c1Br)CNCC2. The lowest BCUT2D eigenvalue weighted by Crippen LogP contribution is -2.23. The van der Waals surface area contributed by atoms with Gasteiger partial charge in [-0.25, -0.2) is 4.68 Å². The summed E-state index contributed by atoms with van der Waals surface area (Å²) in [6.07, 6.45) is 0.925. The van der Waals surface area contributed by atoms with Crippen molar-refractivity contribution in [2.45, 2.75) is 13.0 Å². The molecule has 0 bridgehead atoms. The first-order valence-electron chi connectivity index (χ1n) is 5.52. The molecule has 1 aliphatic heterocycles. The summed E-state index contributed by atoms with van der Waals surface area (Å²) in [4.78, 5) is 0. The van der Waals surface area contributed by atoms with E-state index in [0.717, 1.165) is 29.8 Å². The average molecular weight is 294 g/mol. The van der Waals surface area contributed by atoms with E-state index < -0.39 is 0 Å². The summed E-state index contributed by atoms with van der Waals surface area (Å²) in [7, 11) is 0. The van der Waals surface area contributed by atoms with E-state index in [0.29, 0.717) is 5.69 Å². The molecule has 3 rings (SSSR count). The second kappa shape index (κ2) is 4.16. The predicted molar refractivity (Wildman–Crippen MR) is 68.3 cm³/mol. The normalized spacial score (nSPS) is 14.6. The van der Waals surface area contributed by atoms with Gasteiger partial charge in [0.1, 0.15) is 16.0 Å². The number of rotatable bonds is 1. The molecule has 4 nitrogen and oxygen atoms in total. The van der Waals surface area contributed by atoms with Crippen LogP contribution in [0.15, 0.2) is 28.9 Å². The van der Waals surface area contributed by atoms with Crippen LogP contribution in [0.4, 0.5) is 0 Å². The van der Waals surface area contributed by atoms with Crippen molar-refractivity contribution >= 4 is 15.9 Å². The topological polar surface area (TPSA) is 50.1 Å². The van der Waals surface area contributed by atoms with Gasteiger partial charge < -0.3 is 10.4 Å². The molecule has 5 heteroatoms. The first-order valence-corrected chi connectivity index (χ1v) is 6.32. The second-order valence-corrected chi connectivity index (χ2v) is 4.79. The van der Waals surface area contributed by atoms with Crippen LogP contribution in [0, 0.1) is 0 Å². The number of nitrogens with one attached hydrogen (secondary N) is 1. The first-order chi connectivity index (χ1) is 8.27. The largest absolute Gasteiger partial charge is 0.506 e. The van der Waals surface area contributed by atoms with E-state index in [1.54, 1.807) is 16.8 Å². The quantitative estimate of drug-likeness (QED) is 0.845. The molecule has 0 fully saturated rings. The lowest BCUT2D eigenvalue weighted by molar-refractivity contribution is 0.470. The van der Waals surface area contributed by atoms with Crippen molar-refractivity contribution in [3.05, 3.63) is 40.1 Å². The van der Waals surface area contributed by atoms with Crippen molar-refractivity contribution in [3.8, 4) is 11.4 Å². The van der Waals surface area contributed by atoms with Crippen molar-refractivity contribution in [3.63, 3.8) is 0 Å². The number of para-hydroxylation sites is 2. The highest BCUT2D eigenvalue weighted by Gasteiger charge is 2.20. The summed E-state index contributed by atoms with van der Waals surface area (Å²) in [5, 5.41) is 17.7. The van der Waals surface area contributed by atoms with E-state index in [1.807, 2.05) is 12.1 Å². The lowest BCUT2D eigenvalue weighted by Gasteiger charge is -2.10. The maximum absolute atomic E-state index is 9.85. The highest BCUT2D eigenvalue weighted by atomic mass is 79.9. The fourth-order valence-corrected chi connectivity index (χ4v) is 2.71. The molecule has 1 aromatic carbocycles. The molecule has 0 saturated heterocycles. The van der Waals surface area contributed by atoms with Gasteiger partial charge in [-0.1, -0.05) is 12.1 Å². The standard InChI is InChI=1S/C12H12BrN3O/c13-12-8-7-14-6-5-9(8)15-16(12)10-3-1-2-4-11(10)17/h1-4,14,17H,5-7H2. The number of aromatic hydroxyl groups is 1. The molecular weight excluding hydrogens is 282 g/mol. The Morgan fingerprint density at radius 2 is 2.18 bits per heavy atom. The number of aromatic nitrogens is 2. The fraction of sp³-hybridized carbons (Fsp3) is 0.250. The number of benzene rings is 1. The van der Waals surface area contributed by atoms with Gasteiger partial charge in [0, 0.05) is 25.1 Å². The zero-order chi connectivity index (χ0) is 11.8. The predicted octanol–water partition coefficient (Wildman–Crippen LogP) is 1.99. The third-order valence-corrected chi connectivity index (χ3v) is 3.77. The van der Waals surface area contributed by atoms with Crippen LogP contribution in [-0.2, 0) is 13.0 Å². The fourth-order valence-electron chi connectivity index (χ4n) is 2.07. The Morgan fingerprint density at radius 3 is 2.94 bits per heavy atom. The molecule has 2 N–H and O–H groups in total. The average Bonchev–Trinajstić information content (AvgIpc) is 2.68. The van der Waals surface area contributed by atoms with Gasteiger partial charge in [0.15, 0.2) is 0 Å². The minimum atomic E-state index is 0.237. The zero-order valence-corrected chi connectivity index (χ0v) is 10.7. The Bertz CT molecular complexity index is 565. The summed E-state index contributed by atoms with van der Waals surface area (Å²) in [6.45, 7) is 1.78. The Morgan fingerprint density at radius 1 is 1.35 bits per heavy atom. The van der Waals surface area contributed by atoms with E-state index in [9.17, 15) is 5.11 Å². The molecule has 0 amide bonds. The summed E-state index contributed by atoms with van der Waals surface area (Å²) < 4.78 is 2.67. The minimum absolute atomic E-state index is 0.237. The highest BCUT2D eigenvalue weighted by Crippen LogP contribution is 2.29. The molecule has 17 heavy (non-hydrogen) atoms. The van der Waals surface area contributed by atoms with Gasteiger partial charge in [-0.15, -0.1) is 0 Å². The summed E-state index contributed by atoms with van der Waals surface area (Å²) in [5.74, 6) is 0.237. The maximum atomic E-state index is 9.85. The minimum Gasteiger partial charge on any atom is -0.506 e. The van der Waals surface area contributed by atoms with Gasteiger partial charge in [0.2, 0.25) is 0 Å². The first kappa shape index (κ1) is 10.8. The molecule has 0 saturated carbocycles. The Labute approximate surface area is 107 Å². The van der Waals surface area contributed by atoms with Gasteiger partial charge in [-0.2, -0.15) is 5.10 Å². The van der Waals surface area contributed by atoms with Crippen LogP contribution >= 0.6 is 15.9 Å². The molecule has 0 radical (unpaired) electrons. The Balaban J connectivity index is 2.16. The van der Waals surface area contributed by atoms with Crippen molar-refractivity contribution < 1.29 is 5.11 Å². The summed E-state index contributed by atoms with van der Waals surface area (Å²) in [5.41, 5.74) is 2.98. The number of hydrogen-bond acceptors (Lipinski definition) is 3. The van der Waals surface area contributed by atoms with Crippen molar-refractivity contribution in [1.29, 1.82) is 0 Å². The summed E-state index contributed by atoms with van der Waals surface area (Å²) in [6, 6.07) is 7.21. The Kier molecular flexibility index (Phi) is 2.64. The van der Waals surface area contributed by atoms with E-state index in [4.69, 9.17) is 0 Å². The monoisotopic (exact) mass is 293 g/mol. The van der Waals surface area contributed by atoms with Crippen LogP contribution < -0.4 is 5.32 Å². The number of phenolic OH excluding ortho intramolecular Hbond substituents is 1. The Hall–Kier alpha value is -1.33. The molecular formula is C12H12BrN3O. The molecule has 1 aromatic heterocycles. The smallest absolute Gasteiger partial charge is 0.141 e. The molecule has 2 aromatic rings. The van der Waals surface area contributed by atoms with Gasteiger partial charge in [-0.3, -0.25) is 0 Å². The van der Waals surface area contributed by atoms with Gasteiger partial charge >= 0.3 is 0 Å². The van der Waals surface area contributed by atoms with Crippen molar-refractivity contribution in [2.75, 3.05) is 6.54 Å². The highest BCUT2D eigenvalue weighted by molar-refractivity contribution is 9.10. The van der Waals surface area contributed by atoms with E-state index in [1.165, 1.54) is 5.56 Å². The zero-order valence-electron chi connectivity index (χ0n) is 9.15. The number of hydrogen-bond donors (Lipinski definition) is 2. The van der Waals surface area contributed by atoms with Gasteiger partial charge in [0.25, 0.3) is 0 Å². The third-order valence-electron chi connectivity index (χ3n) is 2.95. The van der Waals surface area contributed by atoms with E-state index in [-0.39, 0.29) is 5.75 Å². The van der Waals surface area contributed by atoms with Crippen molar-refractivity contribution in [1.82, 2.24) is 15.1 Å². The third kappa shape index (κ3) is 1.75. The van der Waals surface area contributed by atoms with Crippen molar-refractivity contribution in [2.24, 2.45) is 0 Å². The van der Waals surface area contributed by atoms with E-state index in [2.05, 4.69) is 26.3 Å². The number of phenols is 1. The number of halogens is 1. The molecule has 0 atom stereocenters. The number of nitrogens with zero attached hydrogens (tertiary/aromatic N) is 2. The molecule has 2 heterocycles. The molecule has 88 valence electrons. The number of fused-ring (bicyclic) bond motifs is 1. The molecule has 0 unspecified atom stereocenters. The second-order valence-electron chi connectivity index (χ2n) is 4.04. The molecule has 0 spiro atoms. The van der Waals surface area contributed by atoms with Crippen LogP contribution in [0.2, 0.25) is 0 Å².